The van der Waals surface area contributed by atoms with Gasteiger partial charge in [0, 0.05) is 51.5 Å². The molecular formula is C23H30FN7O2. The third-order valence-corrected chi connectivity index (χ3v) is 5.30. The standard InChI is InChI=1S/C23H30FN7O2/c1-4-7-23(3,33)16-27-22-25-8-6-17(29-22)21(32)28-18-15-26-20(24)14-19(18)31-12-10-30(9-5-2)11-13-31/h4-6,8,14-15,33H,1-2,7,9-13,16H2,3H3,(H,28,32)(H,25,27,29)/t23-/m0/s1. The lowest BCUT2D eigenvalue weighted by Crippen LogP contribution is -2.46. The summed E-state index contributed by atoms with van der Waals surface area (Å²) in [6, 6.07) is 2.81. The summed E-state index contributed by atoms with van der Waals surface area (Å²) in [5, 5.41) is 16.0. The molecule has 1 atom stereocenters. The molecule has 9 nitrogen and oxygen atoms in total. The van der Waals surface area contributed by atoms with Gasteiger partial charge in [0.25, 0.3) is 5.91 Å². The number of halogens is 1. The number of pyridine rings is 1. The third-order valence-electron chi connectivity index (χ3n) is 5.30. The maximum atomic E-state index is 13.9. The summed E-state index contributed by atoms with van der Waals surface area (Å²) >= 11 is 0. The minimum Gasteiger partial charge on any atom is -0.388 e. The number of carbonyl (C=O) groups excluding carboxylic acids is 1. The Bertz CT molecular complexity index is 991. The highest BCUT2D eigenvalue weighted by atomic mass is 19.1. The molecule has 1 aliphatic rings. The zero-order valence-electron chi connectivity index (χ0n) is 18.8. The number of piperazine rings is 1. The lowest BCUT2D eigenvalue weighted by Gasteiger charge is -2.36. The van der Waals surface area contributed by atoms with Crippen LogP contribution in [0.1, 0.15) is 23.8 Å². The average molecular weight is 456 g/mol. The fraction of sp³-hybridized carbons (Fsp3) is 0.391. The molecule has 2 aromatic heterocycles. The molecule has 3 rings (SSSR count). The fourth-order valence-corrected chi connectivity index (χ4v) is 3.54. The molecule has 0 bridgehead atoms. The molecule has 1 aliphatic heterocycles. The molecule has 0 aliphatic carbocycles. The second kappa shape index (κ2) is 11.0. The monoisotopic (exact) mass is 455 g/mol. The average Bonchev–Trinajstić information content (AvgIpc) is 2.80. The van der Waals surface area contributed by atoms with Gasteiger partial charge in [0.1, 0.15) is 5.69 Å². The van der Waals surface area contributed by atoms with Crippen LogP contribution in [0.25, 0.3) is 0 Å². The number of aromatic nitrogens is 3. The molecule has 33 heavy (non-hydrogen) atoms. The lowest BCUT2D eigenvalue weighted by atomic mass is 10.0. The SMILES string of the molecule is C=CCN1CCN(c2cc(F)ncc2NC(=O)c2ccnc(NC[C@@](C)(O)CC=C)n2)CC1. The molecule has 0 aromatic carbocycles. The minimum absolute atomic E-state index is 0.127. The molecule has 1 fully saturated rings. The number of rotatable bonds is 10. The Balaban J connectivity index is 1.71. The summed E-state index contributed by atoms with van der Waals surface area (Å²) in [5.41, 5.74) is 0.0813. The zero-order chi connectivity index (χ0) is 23.8. The summed E-state index contributed by atoms with van der Waals surface area (Å²) < 4.78 is 13.9. The van der Waals surface area contributed by atoms with Gasteiger partial charge in [0.2, 0.25) is 11.9 Å². The van der Waals surface area contributed by atoms with Crippen molar-refractivity contribution >= 4 is 23.2 Å². The van der Waals surface area contributed by atoms with Crippen LogP contribution < -0.4 is 15.5 Å². The van der Waals surface area contributed by atoms with E-state index >= 15 is 0 Å². The van der Waals surface area contributed by atoms with Gasteiger partial charge < -0.3 is 20.6 Å². The number of nitrogens with zero attached hydrogens (tertiary/aromatic N) is 5. The molecule has 176 valence electrons. The van der Waals surface area contributed by atoms with E-state index in [0.717, 1.165) is 19.6 Å². The van der Waals surface area contributed by atoms with Crippen molar-refractivity contribution in [3.05, 3.63) is 61.5 Å². The first-order chi connectivity index (χ1) is 15.8. The molecule has 0 radical (unpaired) electrons. The van der Waals surface area contributed by atoms with Crippen LogP contribution in [0.4, 0.5) is 21.7 Å². The summed E-state index contributed by atoms with van der Waals surface area (Å²) in [6.07, 6.45) is 6.64. The molecule has 0 saturated carbocycles. The predicted octanol–water partition coefficient (Wildman–Crippen LogP) is 2.31. The highest BCUT2D eigenvalue weighted by molar-refractivity contribution is 6.04. The van der Waals surface area contributed by atoms with E-state index in [1.54, 1.807) is 13.0 Å². The van der Waals surface area contributed by atoms with Gasteiger partial charge >= 0.3 is 0 Å². The number of anilines is 3. The first-order valence-electron chi connectivity index (χ1n) is 10.8. The van der Waals surface area contributed by atoms with E-state index < -0.39 is 17.5 Å². The zero-order valence-corrected chi connectivity index (χ0v) is 18.8. The maximum Gasteiger partial charge on any atom is 0.274 e. The Morgan fingerprint density at radius 3 is 2.73 bits per heavy atom. The van der Waals surface area contributed by atoms with Crippen LogP contribution in [0.15, 0.2) is 49.8 Å². The Hall–Kier alpha value is -3.37. The van der Waals surface area contributed by atoms with Gasteiger partial charge in [-0.15, -0.1) is 13.2 Å². The van der Waals surface area contributed by atoms with Crippen LogP contribution in [0.3, 0.4) is 0 Å². The summed E-state index contributed by atoms with van der Waals surface area (Å²) in [6.45, 7) is 13.0. The van der Waals surface area contributed by atoms with Crippen molar-refractivity contribution < 1.29 is 14.3 Å². The van der Waals surface area contributed by atoms with Crippen LogP contribution >= 0.6 is 0 Å². The molecule has 2 aromatic rings. The molecule has 3 N–H and O–H groups in total. The molecule has 1 amide bonds. The van der Waals surface area contributed by atoms with E-state index in [1.807, 2.05) is 11.0 Å². The topological polar surface area (TPSA) is 107 Å². The smallest absolute Gasteiger partial charge is 0.274 e. The first-order valence-corrected chi connectivity index (χ1v) is 10.8. The van der Waals surface area contributed by atoms with Crippen molar-refractivity contribution in [3.8, 4) is 0 Å². The van der Waals surface area contributed by atoms with Crippen LogP contribution in [0.5, 0.6) is 0 Å². The van der Waals surface area contributed by atoms with Crippen LogP contribution in [0, 0.1) is 5.95 Å². The number of amides is 1. The van der Waals surface area contributed by atoms with Gasteiger partial charge in [-0.25, -0.2) is 15.0 Å². The second-order valence-electron chi connectivity index (χ2n) is 8.16. The second-order valence-corrected chi connectivity index (χ2v) is 8.16. The van der Waals surface area contributed by atoms with Crippen molar-refractivity contribution in [2.45, 2.75) is 18.9 Å². The van der Waals surface area contributed by atoms with E-state index in [1.165, 1.54) is 24.5 Å². The predicted molar refractivity (Wildman–Crippen MR) is 127 cm³/mol. The summed E-state index contributed by atoms with van der Waals surface area (Å²) in [5.74, 6) is -0.877. The van der Waals surface area contributed by atoms with E-state index in [4.69, 9.17) is 0 Å². The van der Waals surface area contributed by atoms with E-state index in [2.05, 4.69) is 43.6 Å². The van der Waals surface area contributed by atoms with Crippen molar-refractivity contribution in [2.75, 3.05) is 54.8 Å². The summed E-state index contributed by atoms with van der Waals surface area (Å²) in [7, 11) is 0. The van der Waals surface area contributed by atoms with Crippen LogP contribution in [-0.4, -0.2) is 75.7 Å². The Labute approximate surface area is 193 Å². The van der Waals surface area contributed by atoms with Gasteiger partial charge in [-0.2, -0.15) is 4.39 Å². The number of hydrogen-bond acceptors (Lipinski definition) is 8. The first kappa shape index (κ1) is 24.3. The highest BCUT2D eigenvalue weighted by Crippen LogP contribution is 2.27. The van der Waals surface area contributed by atoms with Gasteiger partial charge in [-0.1, -0.05) is 12.2 Å². The molecule has 0 unspecified atom stereocenters. The van der Waals surface area contributed by atoms with Crippen LogP contribution in [-0.2, 0) is 0 Å². The molecule has 0 spiro atoms. The Kier molecular flexibility index (Phi) is 8.07. The van der Waals surface area contributed by atoms with Crippen molar-refractivity contribution in [1.29, 1.82) is 0 Å². The van der Waals surface area contributed by atoms with E-state index in [0.29, 0.717) is 30.9 Å². The van der Waals surface area contributed by atoms with Gasteiger partial charge in [0.05, 0.1) is 23.2 Å². The third kappa shape index (κ3) is 6.80. The van der Waals surface area contributed by atoms with Crippen LogP contribution in [0.2, 0.25) is 0 Å². The largest absolute Gasteiger partial charge is 0.388 e. The normalized spacial score (nSPS) is 16.0. The number of nitrogens with one attached hydrogen (secondary N) is 2. The number of carbonyl (C=O) groups is 1. The molecular weight excluding hydrogens is 425 g/mol. The van der Waals surface area contributed by atoms with Gasteiger partial charge in [0.15, 0.2) is 0 Å². The van der Waals surface area contributed by atoms with Gasteiger partial charge in [-0.3, -0.25) is 9.69 Å². The Morgan fingerprint density at radius 2 is 2.03 bits per heavy atom. The number of aliphatic hydroxyl groups is 1. The molecule has 1 saturated heterocycles. The van der Waals surface area contributed by atoms with Crippen molar-refractivity contribution in [2.24, 2.45) is 0 Å². The van der Waals surface area contributed by atoms with Crippen molar-refractivity contribution in [3.63, 3.8) is 0 Å². The lowest BCUT2D eigenvalue weighted by molar-refractivity contribution is 0.0769. The maximum absolute atomic E-state index is 13.9. The number of hydrogen-bond donors (Lipinski definition) is 3. The quantitative estimate of drug-likeness (QED) is 0.370. The minimum atomic E-state index is -1.02. The molecule has 3 heterocycles. The van der Waals surface area contributed by atoms with E-state index in [9.17, 15) is 14.3 Å². The van der Waals surface area contributed by atoms with E-state index in [-0.39, 0.29) is 18.2 Å². The van der Waals surface area contributed by atoms with Crippen molar-refractivity contribution in [1.82, 2.24) is 19.9 Å². The van der Waals surface area contributed by atoms with Gasteiger partial charge in [-0.05, 0) is 19.4 Å². The highest BCUT2D eigenvalue weighted by Gasteiger charge is 2.22. The Morgan fingerprint density at radius 1 is 1.27 bits per heavy atom. The fourth-order valence-electron chi connectivity index (χ4n) is 3.54. The summed E-state index contributed by atoms with van der Waals surface area (Å²) in [4.78, 5) is 29.2. The molecule has 10 heteroatoms.